The Bertz CT molecular complexity index is 599. The molecule has 2 aromatic rings. The van der Waals surface area contributed by atoms with E-state index in [9.17, 15) is 13.9 Å². The number of benzene rings is 2. The smallest absolute Gasteiger partial charge is 0.160 e. The minimum atomic E-state index is -1.02. The molecule has 0 saturated heterocycles. The van der Waals surface area contributed by atoms with Gasteiger partial charge in [0.15, 0.2) is 11.6 Å². The van der Waals surface area contributed by atoms with Crippen LogP contribution in [0.25, 0.3) is 0 Å². The molecule has 0 bridgehead atoms. The van der Waals surface area contributed by atoms with Crippen molar-refractivity contribution in [1.29, 1.82) is 0 Å². The first kappa shape index (κ1) is 14.0. The molecule has 1 unspecified atom stereocenters. The van der Waals surface area contributed by atoms with Crippen molar-refractivity contribution >= 4 is 11.6 Å². The van der Waals surface area contributed by atoms with Crippen molar-refractivity contribution in [3.8, 4) is 0 Å². The maximum Gasteiger partial charge on any atom is 0.160 e. The molecule has 0 spiro atoms. The Morgan fingerprint density at radius 1 is 1.16 bits per heavy atom. The van der Waals surface area contributed by atoms with E-state index in [4.69, 9.17) is 11.6 Å². The van der Waals surface area contributed by atoms with Gasteiger partial charge in [-0.1, -0.05) is 41.4 Å². The second-order valence-electron chi connectivity index (χ2n) is 4.50. The standard InChI is InChI=1S/C15H13ClF2O/c1-9-3-2-4-10(5-9)6-15(19)11-7-13(17)14(18)8-12(11)16/h2-5,7-8,15,19H,6H2,1H3. The van der Waals surface area contributed by atoms with Gasteiger partial charge in [-0.15, -0.1) is 0 Å². The third-order valence-electron chi connectivity index (χ3n) is 2.91. The minimum Gasteiger partial charge on any atom is -0.388 e. The number of aliphatic hydroxyl groups is 1. The summed E-state index contributed by atoms with van der Waals surface area (Å²) in [5.41, 5.74) is 2.18. The fourth-order valence-electron chi connectivity index (χ4n) is 1.97. The average molecular weight is 283 g/mol. The second-order valence-corrected chi connectivity index (χ2v) is 4.90. The van der Waals surface area contributed by atoms with E-state index < -0.39 is 17.7 Å². The molecule has 1 atom stereocenters. The summed E-state index contributed by atoms with van der Waals surface area (Å²) in [6.45, 7) is 1.94. The lowest BCUT2D eigenvalue weighted by molar-refractivity contribution is 0.178. The number of hydrogen-bond donors (Lipinski definition) is 1. The number of rotatable bonds is 3. The Labute approximate surface area is 115 Å². The van der Waals surface area contributed by atoms with E-state index in [1.165, 1.54) is 0 Å². The molecule has 0 aromatic heterocycles. The molecular formula is C15H13ClF2O. The van der Waals surface area contributed by atoms with Gasteiger partial charge in [0.1, 0.15) is 0 Å². The van der Waals surface area contributed by atoms with Crippen molar-refractivity contribution in [3.05, 3.63) is 69.7 Å². The van der Waals surface area contributed by atoms with Gasteiger partial charge >= 0.3 is 0 Å². The van der Waals surface area contributed by atoms with Gasteiger partial charge in [-0.05, 0) is 24.6 Å². The molecule has 0 heterocycles. The minimum absolute atomic E-state index is 0.0269. The van der Waals surface area contributed by atoms with Crippen LogP contribution in [-0.2, 0) is 6.42 Å². The molecule has 2 rings (SSSR count). The van der Waals surface area contributed by atoms with Crippen LogP contribution in [-0.4, -0.2) is 5.11 Å². The summed E-state index contributed by atoms with van der Waals surface area (Å²) in [5.74, 6) is -2.03. The molecule has 0 aliphatic heterocycles. The Morgan fingerprint density at radius 2 is 1.84 bits per heavy atom. The van der Waals surface area contributed by atoms with Crippen molar-refractivity contribution in [2.24, 2.45) is 0 Å². The first-order valence-corrected chi connectivity index (χ1v) is 6.23. The second kappa shape index (κ2) is 5.68. The van der Waals surface area contributed by atoms with Crippen LogP contribution in [0.1, 0.15) is 22.8 Å². The van der Waals surface area contributed by atoms with Gasteiger partial charge in [-0.25, -0.2) is 8.78 Å². The summed E-state index contributed by atoms with van der Waals surface area (Å²) in [6, 6.07) is 9.44. The maximum absolute atomic E-state index is 13.2. The van der Waals surface area contributed by atoms with Crippen molar-refractivity contribution < 1.29 is 13.9 Å². The third kappa shape index (κ3) is 3.31. The van der Waals surface area contributed by atoms with Gasteiger partial charge in [-0.2, -0.15) is 0 Å². The molecule has 2 aromatic carbocycles. The first-order valence-electron chi connectivity index (χ1n) is 5.85. The zero-order valence-corrected chi connectivity index (χ0v) is 11.1. The van der Waals surface area contributed by atoms with E-state index >= 15 is 0 Å². The molecule has 0 aliphatic rings. The fourth-order valence-corrected chi connectivity index (χ4v) is 2.24. The highest BCUT2D eigenvalue weighted by Crippen LogP contribution is 2.28. The van der Waals surface area contributed by atoms with Gasteiger partial charge in [0.05, 0.1) is 6.10 Å². The van der Waals surface area contributed by atoms with Gasteiger partial charge in [0, 0.05) is 17.0 Å². The van der Waals surface area contributed by atoms with Crippen molar-refractivity contribution in [1.82, 2.24) is 0 Å². The zero-order valence-electron chi connectivity index (χ0n) is 10.3. The molecule has 1 nitrogen and oxygen atoms in total. The highest BCUT2D eigenvalue weighted by atomic mass is 35.5. The molecule has 100 valence electrons. The fraction of sp³-hybridized carbons (Fsp3) is 0.200. The van der Waals surface area contributed by atoms with E-state index in [1.54, 1.807) is 0 Å². The van der Waals surface area contributed by atoms with Crippen molar-refractivity contribution in [3.63, 3.8) is 0 Å². The molecule has 0 radical (unpaired) electrons. The largest absolute Gasteiger partial charge is 0.388 e. The molecule has 1 N–H and O–H groups in total. The molecule has 19 heavy (non-hydrogen) atoms. The highest BCUT2D eigenvalue weighted by molar-refractivity contribution is 6.31. The first-order chi connectivity index (χ1) is 8.97. The predicted octanol–water partition coefficient (Wildman–Crippen LogP) is 4.20. The van der Waals surface area contributed by atoms with Crippen LogP contribution in [0.15, 0.2) is 36.4 Å². The summed E-state index contributed by atoms with van der Waals surface area (Å²) in [4.78, 5) is 0. The third-order valence-corrected chi connectivity index (χ3v) is 3.24. The summed E-state index contributed by atoms with van der Waals surface area (Å²) >= 11 is 5.83. The summed E-state index contributed by atoms with van der Waals surface area (Å²) in [6.07, 6.45) is -0.670. The van der Waals surface area contributed by atoms with Crippen LogP contribution >= 0.6 is 11.6 Å². The van der Waals surface area contributed by atoms with Crippen LogP contribution in [0.3, 0.4) is 0 Å². The van der Waals surface area contributed by atoms with Gasteiger partial charge in [0.2, 0.25) is 0 Å². The van der Waals surface area contributed by atoms with Crippen molar-refractivity contribution in [2.75, 3.05) is 0 Å². The topological polar surface area (TPSA) is 20.2 Å². The van der Waals surface area contributed by atoms with Crippen LogP contribution in [0.4, 0.5) is 8.78 Å². The van der Waals surface area contributed by atoms with Crippen LogP contribution in [0.5, 0.6) is 0 Å². The van der Waals surface area contributed by atoms with Crippen molar-refractivity contribution in [2.45, 2.75) is 19.4 Å². The summed E-state index contributed by atoms with van der Waals surface area (Å²) in [5, 5.41) is 10.1. The lowest BCUT2D eigenvalue weighted by Crippen LogP contribution is -2.04. The molecule has 0 aliphatic carbocycles. The molecule has 0 fully saturated rings. The Kier molecular flexibility index (Phi) is 4.17. The van der Waals surface area contributed by atoms with Crippen LogP contribution in [0.2, 0.25) is 5.02 Å². The number of aliphatic hydroxyl groups excluding tert-OH is 1. The summed E-state index contributed by atoms with van der Waals surface area (Å²) in [7, 11) is 0. The van der Waals surface area contributed by atoms with Gasteiger partial charge in [0.25, 0.3) is 0 Å². The lowest BCUT2D eigenvalue weighted by Gasteiger charge is -2.13. The molecule has 0 saturated carbocycles. The van der Waals surface area contributed by atoms with E-state index in [2.05, 4.69) is 0 Å². The zero-order chi connectivity index (χ0) is 14.0. The Balaban J connectivity index is 2.25. The van der Waals surface area contributed by atoms with Crippen LogP contribution < -0.4 is 0 Å². The van der Waals surface area contributed by atoms with E-state index in [0.29, 0.717) is 6.42 Å². The van der Waals surface area contributed by atoms with E-state index in [-0.39, 0.29) is 10.6 Å². The quantitative estimate of drug-likeness (QED) is 0.837. The number of aryl methyl sites for hydroxylation is 1. The maximum atomic E-state index is 13.2. The number of halogens is 3. The summed E-state index contributed by atoms with van der Waals surface area (Å²) < 4.78 is 26.1. The highest BCUT2D eigenvalue weighted by Gasteiger charge is 2.16. The molecule has 4 heteroatoms. The Hall–Kier alpha value is -1.45. The normalized spacial score (nSPS) is 12.5. The monoisotopic (exact) mass is 282 g/mol. The Morgan fingerprint density at radius 3 is 2.53 bits per heavy atom. The molecule has 0 amide bonds. The van der Waals surface area contributed by atoms with E-state index in [1.807, 2.05) is 31.2 Å². The van der Waals surface area contributed by atoms with Gasteiger partial charge < -0.3 is 5.11 Å². The van der Waals surface area contributed by atoms with Gasteiger partial charge in [-0.3, -0.25) is 0 Å². The van der Waals surface area contributed by atoms with Crippen LogP contribution in [0, 0.1) is 18.6 Å². The SMILES string of the molecule is Cc1cccc(CC(O)c2cc(F)c(F)cc2Cl)c1. The van der Waals surface area contributed by atoms with E-state index in [0.717, 1.165) is 23.3 Å². The average Bonchev–Trinajstić information content (AvgIpc) is 2.33. The molecular weight excluding hydrogens is 270 g/mol. The lowest BCUT2D eigenvalue weighted by atomic mass is 10.00. The predicted molar refractivity (Wildman–Crippen MR) is 71.2 cm³/mol. The number of hydrogen-bond acceptors (Lipinski definition) is 1.